The van der Waals surface area contributed by atoms with Gasteiger partial charge in [-0.3, -0.25) is 0 Å². The van der Waals surface area contributed by atoms with E-state index in [2.05, 4.69) is 19.9 Å². The second-order valence-electron chi connectivity index (χ2n) is 5.41. The van der Waals surface area contributed by atoms with E-state index in [1.807, 2.05) is 12.1 Å². The van der Waals surface area contributed by atoms with E-state index >= 15 is 0 Å². The van der Waals surface area contributed by atoms with Crippen LogP contribution < -0.4 is 0 Å². The molecule has 0 spiro atoms. The molecule has 0 saturated heterocycles. The smallest absolute Gasteiger partial charge is 0.249 e. The Morgan fingerprint density at radius 3 is 2.47 bits per heavy atom. The number of benzene rings is 1. The maximum atomic E-state index is 12.7. The second kappa shape index (κ2) is 6.54. The predicted molar refractivity (Wildman–Crippen MR) is 65.7 cm³/mol. The molecule has 1 radical (unpaired) electrons. The third kappa shape index (κ3) is 4.42. The van der Waals surface area contributed by atoms with Crippen LogP contribution in [0.15, 0.2) is 18.2 Å². The van der Waals surface area contributed by atoms with Gasteiger partial charge in [0.25, 0.3) is 0 Å². The SMILES string of the molecule is CC(C)c1[c-]cc(CC(=O)C2CC(F)(F)C2)cc1.[Y]. The minimum absolute atomic E-state index is 0. The van der Waals surface area contributed by atoms with Gasteiger partial charge >= 0.3 is 0 Å². The Balaban J connectivity index is 0.00000180. The summed E-state index contributed by atoms with van der Waals surface area (Å²) >= 11 is 0. The van der Waals surface area contributed by atoms with Gasteiger partial charge in [0.2, 0.25) is 5.92 Å². The number of ketones is 1. The van der Waals surface area contributed by atoms with Gasteiger partial charge < -0.3 is 4.79 Å². The number of hydrogen-bond donors (Lipinski definition) is 0. The Morgan fingerprint density at radius 2 is 2.05 bits per heavy atom. The number of rotatable bonds is 4. The number of carbonyl (C=O) groups excluding carboxylic acids is 1. The van der Waals surface area contributed by atoms with Gasteiger partial charge in [0.15, 0.2) is 0 Å². The van der Waals surface area contributed by atoms with Crippen LogP contribution in [0.4, 0.5) is 8.78 Å². The maximum absolute atomic E-state index is 12.7. The summed E-state index contributed by atoms with van der Waals surface area (Å²) in [6, 6.07) is 8.76. The minimum Gasteiger partial charge on any atom is -0.300 e. The van der Waals surface area contributed by atoms with Crippen molar-refractivity contribution in [3.05, 3.63) is 35.4 Å². The first-order valence-corrected chi connectivity index (χ1v) is 6.28. The molecule has 1 aromatic carbocycles. The molecule has 0 bridgehead atoms. The van der Waals surface area contributed by atoms with Crippen molar-refractivity contribution in [3.8, 4) is 0 Å². The Kier molecular flexibility index (Phi) is 5.82. The van der Waals surface area contributed by atoms with Crippen LogP contribution in [0.25, 0.3) is 0 Å². The van der Waals surface area contributed by atoms with Crippen LogP contribution in [0, 0.1) is 12.0 Å². The second-order valence-corrected chi connectivity index (χ2v) is 5.41. The van der Waals surface area contributed by atoms with Crippen molar-refractivity contribution < 1.29 is 46.3 Å². The first-order valence-electron chi connectivity index (χ1n) is 6.28. The predicted octanol–water partition coefficient (Wildman–Crippen LogP) is 3.76. The summed E-state index contributed by atoms with van der Waals surface area (Å²) in [5.41, 5.74) is 1.96. The summed E-state index contributed by atoms with van der Waals surface area (Å²) in [5, 5.41) is 0. The molecule has 0 N–H and O–H groups in total. The van der Waals surface area contributed by atoms with Gasteiger partial charge in [-0.05, 0) is 12.3 Å². The zero-order valence-electron chi connectivity index (χ0n) is 11.2. The third-order valence-electron chi connectivity index (χ3n) is 3.45. The van der Waals surface area contributed by atoms with E-state index in [1.54, 1.807) is 6.07 Å². The first-order chi connectivity index (χ1) is 8.37. The van der Waals surface area contributed by atoms with E-state index in [1.165, 1.54) is 0 Å². The monoisotopic (exact) mass is 340 g/mol. The van der Waals surface area contributed by atoms with E-state index in [-0.39, 0.29) is 57.8 Å². The number of Topliss-reactive ketones (excluding diaryl/α,β-unsaturated/α-hetero) is 1. The Morgan fingerprint density at radius 1 is 1.42 bits per heavy atom. The largest absolute Gasteiger partial charge is 0.300 e. The van der Waals surface area contributed by atoms with Gasteiger partial charge in [-0.1, -0.05) is 13.8 Å². The summed E-state index contributed by atoms with van der Waals surface area (Å²) in [6.07, 6.45) is -0.311. The standard InChI is InChI=1S/C15H17F2O.Y/c1-10(2)12-5-3-11(4-6-12)7-14(18)13-8-15(16,17)9-13;/h3-5,10,13H,7-9H2,1-2H3;/q-1;. The van der Waals surface area contributed by atoms with Gasteiger partial charge in [-0.2, -0.15) is 29.8 Å². The molecule has 19 heavy (non-hydrogen) atoms. The van der Waals surface area contributed by atoms with Crippen LogP contribution in [0.2, 0.25) is 0 Å². The average Bonchev–Trinajstić information content (AvgIpc) is 2.26. The number of hydrogen-bond acceptors (Lipinski definition) is 1. The van der Waals surface area contributed by atoms with Crippen molar-refractivity contribution >= 4 is 5.78 Å². The number of halogens is 2. The summed E-state index contributed by atoms with van der Waals surface area (Å²) in [7, 11) is 0. The van der Waals surface area contributed by atoms with Crippen molar-refractivity contribution in [1.29, 1.82) is 0 Å². The van der Waals surface area contributed by atoms with Gasteiger partial charge in [-0.15, -0.1) is 5.56 Å². The first kappa shape index (κ1) is 16.9. The molecule has 0 heterocycles. The van der Waals surface area contributed by atoms with E-state index in [0.29, 0.717) is 5.92 Å². The number of alkyl halides is 2. The minimum atomic E-state index is -2.62. The van der Waals surface area contributed by atoms with E-state index < -0.39 is 11.8 Å². The summed E-state index contributed by atoms with van der Waals surface area (Å²) < 4.78 is 25.3. The summed E-state index contributed by atoms with van der Waals surface area (Å²) in [5.74, 6) is -2.75. The van der Waals surface area contributed by atoms with Crippen LogP contribution in [0.5, 0.6) is 0 Å². The molecule has 1 saturated carbocycles. The van der Waals surface area contributed by atoms with Crippen LogP contribution in [-0.2, 0) is 43.9 Å². The van der Waals surface area contributed by atoms with Crippen LogP contribution >= 0.6 is 0 Å². The van der Waals surface area contributed by atoms with Crippen LogP contribution in [-0.4, -0.2) is 11.7 Å². The van der Waals surface area contributed by atoms with Crippen molar-refractivity contribution in [1.82, 2.24) is 0 Å². The van der Waals surface area contributed by atoms with Gasteiger partial charge in [0.05, 0.1) is 0 Å². The molecule has 1 fully saturated rings. The maximum Gasteiger partial charge on any atom is 0.249 e. The topological polar surface area (TPSA) is 17.1 Å². The number of carbonyl (C=O) groups is 1. The van der Waals surface area contributed by atoms with Gasteiger partial charge in [0.1, 0.15) is 5.78 Å². The van der Waals surface area contributed by atoms with Gasteiger partial charge in [0, 0.05) is 51.5 Å². The molecule has 0 unspecified atom stereocenters. The molecule has 1 aliphatic rings. The molecule has 2 rings (SSSR count). The van der Waals surface area contributed by atoms with E-state index in [4.69, 9.17) is 0 Å². The zero-order chi connectivity index (χ0) is 13.3. The average molecular weight is 340 g/mol. The Hall–Kier alpha value is -0.146. The third-order valence-corrected chi connectivity index (χ3v) is 3.45. The fourth-order valence-corrected chi connectivity index (χ4v) is 2.17. The summed E-state index contributed by atoms with van der Waals surface area (Å²) in [4.78, 5) is 11.8. The molecule has 4 heteroatoms. The quantitative estimate of drug-likeness (QED) is 0.763. The molecular formula is C15H17F2OY-. The molecule has 0 atom stereocenters. The normalized spacial score (nSPS) is 17.7. The van der Waals surface area contributed by atoms with Crippen molar-refractivity contribution in [2.45, 2.75) is 45.0 Å². The Bertz CT molecular complexity index is 432. The molecule has 101 valence electrons. The summed E-state index contributed by atoms with van der Waals surface area (Å²) in [6.45, 7) is 4.15. The molecule has 1 nitrogen and oxygen atoms in total. The Labute approximate surface area is 138 Å². The van der Waals surface area contributed by atoms with Crippen molar-refractivity contribution in [2.75, 3.05) is 0 Å². The van der Waals surface area contributed by atoms with E-state index in [0.717, 1.165) is 11.1 Å². The molecular weight excluding hydrogens is 323 g/mol. The fourth-order valence-electron chi connectivity index (χ4n) is 2.17. The van der Waals surface area contributed by atoms with E-state index in [9.17, 15) is 13.6 Å². The zero-order valence-corrected chi connectivity index (χ0v) is 14.1. The molecule has 1 aromatic rings. The molecule has 0 amide bonds. The van der Waals surface area contributed by atoms with Crippen molar-refractivity contribution in [3.63, 3.8) is 0 Å². The van der Waals surface area contributed by atoms with Crippen LogP contribution in [0.3, 0.4) is 0 Å². The molecule has 1 aliphatic carbocycles. The van der Waals surface area contributed by atoms with Crippen LogP contribution in [0.1, 0.15) is 43.7 Å². The molecule has 0 aliphatic heterocycles. The fraction of sp³-hybridized carbons (Fsp3) is 0.533. The van der Waals surface area contributed by atoms with Gasteiger partial charge in [-0.25, -0.2) is 8.78 Å². The molecule has 0 aromatic heterocycles. The van der Waals surface area contributed by atoms with Crippen molar-refractivity contribution in [2.24, 2.45) is 5.92 Å².